The molecular weight excluding hydrogens is 449 g/mol. The van der Waals surface area contributed by atoms with Crippen molar-refractivity contribution in [1.29, 1.82) is 0 Å². The average molecular weight is 476 g/mol. The molecule has 1 amide bonds. The first kappa shape index (κ1) is 23.9. The molecule has 0 unspecified atom stereocenters. The maximum Gasteiger partial charge on any atom is 0.233 e. The summed E-state index contributed by atoms with van der Waals surface area (Å²) in [6.45, 7) is 5.65. The number of nitrogens with two attached hydrogens (primary N) is 1. The molecule has 0 fully saturated rings. The maximum atomic E-state index is 13.0. The van der Waals surface area contributed by atoms with Gasteiger partial charge in [0.25, 0.3) is 0 Å². The van der Waals surface area contributed by atoms with Crippen molar-refractivity contribution in [3.05, 3.63) is 65.5 Å². The molecule has 3 rings (SSSR count). The molecule has 1 heterocycles. The standard InChI is InChI=1S/C22H26FN5O2S2/c1-3-27(4-2)20(29)15-32-22-26-25-21(28(22)24)31-14-17-7-11-19(12-8-17)30-13-16-5-9-18(23)10-6-16/h5-12H,3-4,13-15,24H2,1-2H3. The van der Waals surface area contributed by atoms with E-state index in [1.54, 1.807) is 17.0 Å². The van der Waals surface area contributed by atoms with Crippen LogP contribution in [0.3, 0.4) is 0 Å². The Labute approximate surface area is 195 Å². The third-order valence-corrected chi connectivity index (χ3v) is 6.63. The van der Waals surface area contributed by atoms with Gasteiger partial charge < -0.3 is 15.5 Å². The fourth-order valence-corrected chi connectivity index (χ4v) is 4.46. The zero-order valence-corrected chi connectivity index (χ0v) is 19.7. The van der Waals surface area contributed by atoms with Gasteiger partial charge in [0.1, 0.15) is 18.2 Å². The minimum atomic E-state index is -0.261. The molecule has 0 aliphatic heterocycles. The highest BCUT2D eigenvalue weighted by atomic mass is 32.2. The predicted octanol–water partition coefficient (Wildman–Crippen LogP) is 3.96. The van der Waals surface area contributed by atoms with Crippen LogP contribution in [0.5, 0.6) is 5.75 Å². The molecule has 2 aromatic carbocycles. The third kappa shape index (κ3) is 6.64. The van der Waals surface area contributed by atoms with Crippen LogP contribution < -0.4 is 10.6 Å². The Kier molecular flexibility index (Phi) is 8.81. The topological polar surface area (TPSA) is 86.3 Å². The number of hydrogen-bond acceptors (Lipinski definition) is 7. The van der Waals surface area contributed by atoms with E-state index in [1.807, 2.05) is 38.1 Å². The molecule has 0 saturated heterocycles. The fraction of sp³-hybridized carbons (Fsp3) is 0.318. The summed E-state index contributed by atoms with van der Waals surface area (Å²) in [6.07, 6.45) is 0. The Morgan fingerprint density at radius 2 is 1.59 bits per heavy atom. The van der Waals surface area contributed by atoms with Crippen LogP contribution in [0.2, 0.25) is 0 Å². The van der Waals surface area contributed by atoms with Crippen molar-refractivity contribution < 1.29 is 13.9 Å². The smallest absolute Gasteiger partial charge is 0.233 e. The van der Waals surface area contributed by atoms with Crippen molar-refractivity contribution in [1.82, 2.24) is 19.8 Å². The van der Waals surface area contributed by atoms with Gasteiger partial charge in [-0.2, -0.15) is 0 Å². The van der Waals surface area contributed by atoms with Gasteiger partial charge in [-0.15, -0.1) is 10.2 Å². The molecule has 0 atom stereocenters. The maximum absolute atomic E-state index is 13.0. The summed E-state index contributed by atoms with van der Waals surface area (Å²) >= 11 is 2.75. The molecule has 0 saturated carbocycles. The van der Waals surface area contributed by atoms with Gasteiger partial charge in [0.2, 0.25) is 16.2 Å². The number of rotatable bonds is 11. The Balaban J connectivity index is 1.48. The van der Waals surface area contributed by atoms with Crippen molar-refractivity contribution in [2.75, 3.05) is 24.7 Å². The van der Waals surface area contributed by atoms with Crippen LogP contribution in [0, 0.1) is 5.82 Å². The molecule has 3 aromatic rings. The summed E-state index contributed by atoms with van der Waals surface area (Å²) in [6, 6.07) is 14.0. The van der Waals surface area contributed by atoms with Crippen LogP contribution in [0.15, 0.2) is 58.8 Å². The largest absolute Gasteiger partial charge is 0.489 e. The molecule has 0 spiro atoms. The number of carbonyl (C=O) groups excluding carboxylic acids is 1. The van der Waals surface area contributed by atoms with E-state index in [9.17, 15) is 9.18 Å². The molecule has 0 bridgehead atoms. The van der Waals surface area contributed by atoms with E-state index in [1.165, 1.54) is 40.3 Å². The lowest BCUT2D eigenvalue weighted by Crippen LogP contribution is -2.32. The molecule has 0 aliphatic carbocycles. The van der Waals surface area contributed by atoms with E-state index in [0.717, 1.165) is 16.9 Å². The SMILES string of the molecule is CCN(CC)C(=O)CSc1nnc(SCc2ccc(OCc3ccc(F)cc3)cc2)n1N. The van der Waals surface area contributed by atoms with Crippen LogP contribution in [-0.4, -0.2) is 44.5 Å². The van der Waals surface area contributed by atoms with E-state index in [4.69, 9.17) is 10.6 Å². The Hall–Kier alpha value is -2.72. The average Bonchev–Trinajstić information content (AvgIpc) is 3.16. The summed E-state index contributed by atoms with van der Waals surface area (Å²) in [5, 5.41) is 9.33. The number of nitrogen functional groups attached to an aromatic ring is 1. The van der Waals surface area contributed by atoms with E-state index in [-0.39, 0.29) is 17.5 Å². The first-order valence-electron chi connectivity index (χ1n) is 10.2. The number of benzene rings is 2. The normalized spacial score (nSPS) is 10.8. The fourth-order valence-electron chi connectivity index (χ4n) is 2.83. The molecule has 170 valence electrons. The van der Waals surface area contributed by atoms with Crippen LogP contribution in [0.1, 0.15) is 25.0 Å². The zero-order valence-electron chi connectivity index (χ0n) is 18.0. The van der Waals surface area contributed by atoms with Crippen molar-refractivity contribution in [3.63, 3.8) is 0 Å². The van der Waals surface area contributed by atoms with Crippen molar-refractivity contribution >= 4 is 29.4 Å². The summed E-state index contributed by atoms with van der Waals surface area (Å²) in [7, 11) is 0. The van der Waals surface area contributed by atoms with E-state index < -0.39 is 0 Å². The number of halogens is 1. The minimum Gasteiger partial charge on any atom is -0.489 e. The van der Waals surface area contributed by atoms with Gasteiger partial charge in [-0.05, 0) is 49.2 Å². The van der Waals surface area contributed by atoms with Crippen molar-refractivity contribution in [2.45, 2.75) is 36.5 Å². The summed E-state index contributed by atoms with van der Waals surface area (Å²) in [5.41, 5.74) is 1.99. The molecule has 7 nitrogen and oxygen atoms in total. The number of ether oxygens (including phenoxy) is 1. The van der Waals surface area contributed by atoms with Crippen LogP contribution >= 0.6 is 23.5 Å². The second-order valence-electron chi connectivity index (χ2n) is 6.84. The lowest BCUT2D eigenvalue weighted by molar-refractivity contribution is -0.127. The molecule has 0 radical (unpaired) electrons. The lowest BCUT2D eigenvalue weighted by Gasteiger charge is -2.17. The summed E-state index contributed by atoms with van der Waals surface area (Å²) in [4.78, 5) is 13.9. The highest BCUT2D eigenvalue weighted by molar-refractivity contribution is 8.00. The van der Waals surface area contributed by atoms with Gasteiger partial charge >= 0.3 is 0 Å². The quantitative estimate of drug-likeness (QED) is 0.332. The zero-order chi connectivity index (χ0) is 22.9. The Bertz CT molecular complexity index is 1010. The first-order chi connectivity index (χ1) is 15.5. The summed E-state index contributed by atoms with van der Waals surface area (Å²) in [5.74, 6) is 7.58. The highest BCUT2D eigenvalue weighted by Crippen LogP contribution is 2.25. The van der Waals surface area contributed by atoms with Gasteiger partial charge in [-0.3, -0.25) is 4.79 Å². The van der Waals surface area contributed by atoms with Crippen molar-refractivity contribution in [3.8, 4) is 5.75 Å². The number of thioether (sulfide) groups is 2. The monoisotopic (exact) mass is 475 g/mol. The van der Waals surface area contributed by atoms with Gasteiger partial charge in [-0.25, -0.2) is 9.07 Å². The van der Waals surface area contributed by atoms with Crippen LogP contribution in [0.4, 0.5) is 4.39 Å². The predicted molar refractivity (Wildman–Crippen MR) is 126 cm³/mol. The van der Waals surface area contributed by atoms with Gasteiger partial charge in [0.15, 0.2) is 0 Å². The number of hydrogen-bond donors (Lipinski definition) is 1. The third-order valence-electron chi connectivity index (χ3n) is 4.68. The minimum absolute atomic E-state index is 0.0546. The van der Waals surface area contributed by atoms with Crippen LogP contribution in [-0.2, 0) is 17.2 Å². The second kappa shape index (κ2) is 11.8. The van der Waals surface area contributed by atoms with Gasteiger partial charge in [0, 0.05) is 18.8 Å². The molecule has 10 heteroatoms. The van der Waals surface area contributed by atoms with Crippen molar-refractivity contribution in [2.24, 2.45) is 0 Å². The molecule has 2 N–H and O–H groups in total. The number of amides is 1. The first-order valence-corrected chi connectivity index (χ1v) is 12.2. The molecular formula is C22H26FN5O2S2. The highest BCUT2D eigenvalue weighted by Gasteiger charge is 2.15. The molecule has 32 heavy (non-hydrogen) atoms. The Morgan fingerprint density at radius 1 is 1.00 bits per heavy atom. The van der Waals surface area contributed by atoms with Crippen LogP contribution in [0.25, 0.3) is 0 Å². The number of nitrogens with zero attached hydrogens (tertiary/aromatic N) is 4. The van der Waals surface area contributed by atoms with E-state index in [0.29, 0.717) is 35.8 Å². The molecule has 1 aromatic heterocycles. The van der Waals surface area contributed by atoms with E-state index >= 15 is 0 Å². The summed E-state index contributed by atoms with van der Waals surface area (Å²) < 4.78 is 20.1. The lowest BCUT2D eigenvalue weighted by atomic mass is 10.2. The van der Waals surface area contributed by atoms with Gasteiger partial charge in [-0.1, -0.05) is 47.8 Å². The molecule has 0 aliphatic rings. The van der Waals surface area contributed by atoms with Gasteiger partial charge in [0.05, 0.1) is 5.75 Å². The Morgan fingerprint density at radius 3 is 2.22 bits per heavy atom. The number of aromatic nitrogens is 3. The number of carbonyl (C=O) groups is 1. The van der Waals surface area contributed by atoms with E-state index in [2.05, 4.69) is 10.2 Å². The second-order valence-corrected chi connectivity index (χ2v) is 8.72.